The summed E-state index contributed by atoms with van der Waals surface area (Å²) in [4.78, 5) is 24.5. The maximum absolute atomic E-state index is 12.3. The van der Waals surface area contributed by atoms with Crippen molar-refractivity contribution in [3.05, 3.63) is 81.3 Å². The normalized spacial score (nSPS) is 10.7. The largest absolute Gasteiger partial charge is 0.492 e. The van der Waals surface area contributed by atoms with Crippen LogP contribution in [0.3, 0.4) is 0 Å². The van der Waals surface area contributed by atoms with E-state index < -0.39 is 11.8 Å². The molecule has 3 aromatic carbocycles. The minimum Gasteiger partial charge on any atom is -0.492 e. The highest BCUT2D eigenvalue weighted by atomic mass is 79.9. The number of nitrogens with one attached hydrogen (secondary N) is 2. The van der Waals surface area contributed by atoms with Crippen molar-refractivity contribution >= 4 is 51.2 Å². The van der Waals surface area contributed by atoms with E-state index >= 15 is 0 Å². The standard InChI is InChI=1S/C26H25BrClN3O5/c1-3-34-22-11-6-5-10-21(22)30-25(32)26(33)31-29-15-18-13-20(27)24(23(14-18)35-4-2)36-16-17-8-7-9-19(28)12-17/h5-15H,3-4,16H2,1-2H3,(H,30,32)(H,31,33)/b29-15+. The van der Waals surface area contributed by atoms with Crippen LogP contribution in [0.5, 0.6) is 17.2 Å². The predicted octanol–water partition coefficient (Wildman–Crippen LogP) is 5.57. The summed E-state index contributed by atoms with van der Waals surface area (Å²) < 4.78 is 17.8. The first-order valence-corrected chi connectivity index (χ1v) is 12.3. The number of hydrogen-bond acceptors (Lipinski definition) is 6. The fourth-order valence-electron chi connectivity index (χ4n) is 3.09. The molecular weight excluding hydrogens is 550 g/mol. The van der Waals surface area contributed by atoms with Crippen LogP contribution in [0.1, 0.15) is 25.0 Å². The Labute approximate surface area is 222 Å². The molecule has 3 rings (SSSR count). The van der Waals surface area contributed by atoms with Gasteiger partial charge in [-0.05, 0) is 77.3 Å². The van der Waals surface area contributed by atoms with Gasteiger partial charge in [-0.25, -0.2) is 5.43 Å². The molecule has 3 aromatic rings. The Morgan fingerprint density at radius 3 is 2.44 bits per heavy atom. The number of hydrazone groups is 1. The van der Waals surface area contributed by atoms with Crippen molar-refractivity contribution < 1.29 is 23.8 Å². The van der Waals surface area contributed by atoms with Crippen molar-refractivity contribution in [3.8, 4) is 17.2 Å². The molecule has 188 valence electrons. The van der Waals surface area contributed by atoms with Crippen LogP contribution >= 0.6 is 27.5 Å². The average Bonchev–Trinajstić information content (AvgIpc) is 2.85. The molecule has 0 bridgehead atoms. The Morgan fingerprint density at radius 2 is 1.69 bits per heavy atom. The molecule has 0 aliphatic heterocycles. The number of ether oxygens (including phenoxy) is 3. The first-order chi connectivity index (χ1) is 17.4. The summed E-state index contributed by atoms with van der Waals surface area (Å²) in [5.74, 6) is -0.323. The lowest BCUT2D eigenvalue weighted by Crippen LogP contribution is -2.32. The lowest BCUT2D eigenvalue weighted by atomic mass is 10.2. The summed E-state index contributed by atoms with van der Waals surface area (Å²) in [5, 5.41) is 7.03. The molecule has 0 aliphatic carbocycles. The zero-order valence-electron chi connectivity index (χ0n) is 19.7. The molecule has 0 unspecified atom stereocenters. The fourth-order valence-corrected chi connectivity index (χ4v) is 3.88. The van der Waals surface area contributed by atoms with E-state index in [1.807, 2.05) is 32.0 Å². The molecule has 0 saturated carbocycles. The van der Waals surface area contributed by atoms with Crippen molar-refractivity contribution in [1.82, 2.24) is 5.43 Å². The van der Waals surface area contributed by atoms with Gasteiger partial charge in [0.15, 0.2) is 11.5 Å². The fraction of sp³-hybridized carbons (Fsp3) is 0.192. The van der Waals surface area contributed by atoms with Crippen LogP contribution < -0.4 is 25.0 Å². The van der Waals surface area contributed by atoms with Gasteiger partial charge < -0.3 is 19.5 Å². The van der Waals surface area contributed by atoms with E-state index in [9.17, 15) is 9.59 Å². The molecule has 2 amide bonds. The third-order valence-corrected chi connectivity index (χ3v) is 5.45. The monoisotopic (exact) mass is 573 g/mol. The molecule has 10 heteroatoms. The average molecular weight is 575 g/mol. The number of halogens is 2. The zero-order chi connectivity index (χ0) is 25.9. The van der Waals surface area contributed by atoms with Crippen LogP contribution in [0.4, 0.5) is 5.69 Å². The molecule has 2 N–H and O–H groups in total. The molecule has 0 heterocycles. The van der Waals surface area contributed by atoms with E-state index in [1.165, 1.54) is 6.21 Å². The second-order valence-electron chi connectivity index (χ2n) is 7.26. The maximum Gasteiger partial charge on any atom is 0.329 e. The number of benzene rings is 3. The number of hydrogen-bond donors (Lipinski definition) is 2. The number of para-hydroxylation sites is 2. The molecule has 0 aliphatic rings. The first-order valence-electron chi connectivity index (χ1n) is 11.1. The Morgan fingerprint density at radius 1 is 0.944 bits per heavy atom. The summed E-state index contributed by atoms with van der Waals surface area (Å²) in [6, 6.07) is 17.7. The minimum absolute atomic E-state index is 0.296. The van der Waals surface area contributed by atoms with Crippen LogP contribution in [-0.4, -0.2) is 31.2 Å². The molecule has 36 heavy (non-hydrogen) atoms. The molecule has 0 aromatic heterocycles. The highest BCUT2D eigenvalue weighted by Gasteiger charge is 2.16. The quantitative estimate of drug-likeness (QED) is 0.187. The lowest BCUT2D eigenvalue weighted by Gasteiger charge is -2.15. The summed E-state index contributed by atoms with van der Waals surface area (Å²) in [6.07, 6.45) is 1.40. The molecular formula is C26H25BrClN3O5. The highest BCUT2D eigenvalue weighted by Crippen LogP contribution is 2.37. The Kier molecular flexibility index (Phi) is 10.1. The van der Waals surface area contributed by atoms with Crippen molar-refractivity contribution in [2.75, 3.05) is 18.5 Å². The van der Waals surface area contributed by atoms with Crippen LogP contribution in [0, 0.1) is 0 Å². The summed E-state index contributed by atoms with van der Waals surface area (Å²) in [6.45, 7) is 4.82. The summed E-state index contributed by atoms with van der Waals surface area (Å²) >= 11 is 9.55. The van der Waals surface area contributed by atoms with Crippen LogP contribution in [0.25, 0.3) is 0 Å². The maximum atomic E-state index is 12.3. The van der Waals surface area contributed by atoms with E-state index in [0.29, 0.717) is 57.8 Å². The topological polar surface area (TPSA) is 98.2 Å². The molecule has 0 atom stereocenters. The van der Waals surface area contributed by atoms with Gasteiger partial charge in [-0.15, -0.1) is 0 Å². The highest BCUT2D eigenvalue weighted by molar-refractivity contribution is 9.10. The first kappa shape index (κ1) is 27.0. The van der Waals surface area contributed by atoms with E-state index in [2.05, 4.69) is 31.8 Å². The second-order valence-corrected chi connectivity index (χ2v) is 8.55. The van der Waals surface area contributed by atoms with Crippen molar-refractivity contribution in [1.29, 1.82) is 0 Å². The van der Waals surface area contributed by atoms with Gasteiger partial charge in [0.2, 0.25) is 0 Å². The number of carbonyl (C=O) groups is 2. The van der Waals surface area contributed by atoms with Gasteiger partial charge in [-0.1, -0.05) is 35.9 Å². The molecule has 0 radical (unpaired) electrons. The van der Waals surface area contributed by atoms with Gasteiger partial charge in [-0.2, -0.15) is 5.10 Å². The van der Waals surface area contributed by atoms with E-state index in [1.54, 1.807) is 42.5 Å². The summed E-state index contributed by atoms with van der Waals surface area (Å²) in [7, 11) is 0. The van der Waals surface area contributed by atoms with Crippen LogP contribution in [-0.2, 0) is 16.2 Å². The number of anilines is 1. The molecule has 8 nitrogen and oxygen atoms in total. The Balaban J connectivity index is 1.65. The number of rotatable bonds is 10. The predicted molar refractivity (Wildman–Crippen MR) is 143 cm³/mol. The van der Waals surface area contributed by atoms with Crippen LogP contribution in [0.2, 0.25) is 5.02 Å². The number of nitrogens with zero attached hydrogens (tertiary/aromatic N) is 1. The second kappa shape index (κ2) is 13.5. The van der Waals surface area contributed by atoms with Gasteiger partial charge >= 0.3 is 11.8 Å². The van der Waals surface area contributed by atoms with Gasteiger partial charge in [0, 0.05) is 5.02 Å². The number of carbonyl (C=O) groups excluding carboxylic acids is 2. The van der Waals surface area contributed by atoms with Crippen molar-refractivity contribution in [2.24, 2.45) is 5.10 Å². The third-order valence-electron chi connectivity index (χ3n) is 4.62. The molecule has 0 spiro atoms. The van der Waals surface area contributed by atoms with E-state index in [-0.39, 0.29) is 0 Å². The van der Waals surface area contributed by atoms with Gasteiger partial charge in [0.05, 0.1) is 29.6 Å². The zero-order valence-corrected chi connectivity index (χ0v) is 22.1. The number of amides is 2. The smallest absolute Gasteiger partial charge is 0.329 e. The summed E-state index contributed by atoms with van der Waals surface area (Å²) in [5.41, 5.74) is 4.13. The Bertz CT molecular complexity index is 1250. The SMILES string of the molecule is CCOc1ccccc1NC(=O)C(=O)N/N=C/c1cc(Br)c(OCc2cccc(Cl)c2)c(OCC)c1. The van der Waals surface area contributed by atoms with E-state index in [4.69, 9.17) is 25.8 Å². The minimum atomic E-state index is -0.928. The van der Waals surface area contributed by atoms with E-state index in [0.717, 1.165) is 5.56 Å². The molecule has 0 saturated heterocycles. The van der Waals surface area contributed by atoms with Gasteiger partial charge in [-0.3, -0.25) is 9.59 Å². The van der Waals surface area contributed by atoms with Gasteiger partial charge in [0.25, 0.3) is 0 Å². The Hall–Kier alpha value is -3.56. The van der Waals surface area contributed by atoms with Crippen molar-refractivity contribution in [2.45, 2.75) is 20.5 Å². The van der Waals surface area contributed by atoms with Crippen LogP contribution in [0.15, 0.2) is 70.2 Å². The molecule has 0 fully saturated rings. The lowest BCUT2D eigenvalue weighted by molar-refractivity contribution is -0.136. The van der Waals surface area contributed by atoms with Crippen molar-refractivity contribution in [3.63, 3.8) is 0 Å². The van der Waals surface area contributed by atoms with Gasteiger partial charge in [0.1, 0.15) is 12.4 Å². The third kappa shape index (κ3) is 7.73.